The van der Waals surface area contributed by atoms with Crippen molar-refractivity contribution >= 4 is 17.7 Å². The molecule has 2 atom stereocenters. The third kappa shape index (κ3) is 1.65. The van der Waals surface area contributed by atoms with Crippen molar-refractivity contribution in [1.29, 1.82) is 0 Å². The summed E-state index contributed by atoms with van der Waals surface area (Å²) in [6, 6.07) is 0.335. The molecular formula is C10H18N2OS. The molecule has 2 aliphatic rings. The monoisotopic (exact) mass is 214 g/mol. The van der Waals surface area contributed by atoms with E-state index in [1.54, 1.807) is 0 Å². The zero-order chi connectivity index (χ0) is 10.3. The first-order valence-corrected chi connectivity index (χ1v) is 6.31. The smallest absolute Gasteiger partial charge is 0.242 e. The van der Waals surface area contributed by atoms with Crippen molar-refractivity contribution in [2.75, 3.05) is 12.3 Å². The average molecular weight is 214 g/mol. The van der Waals surface area contributed by atoms with Crippen LogP contribution in [-0.4, -0.2) is 39.9 Å². The molecular weight excluding hydrogens is 196 g/mol. The van der Waals surface area contributed by atoms with E-state index in [1.165, 1.54) is 0 Å². The molecule has 0 bridgehead atoms. The quantitative estimate of drug-likeness (QED) is 0.703. The summed E-state index contributed by atoms with van der Waals surface area (Å²) in [5.74, 6) is 1.23. The molecule has 14 heavy (non-hydrogen) atoms. The molecule has 1 heterocycles. The fourth-order valence-electron chi connectivity index (χ4n) is 1.85. The van der Waals surface area contributed by atoms with Crippen molar-refractivity contribution in [3.05, 3.63) is 0 Å². The van der Waals surface area contributed by atoms with Crippen molar-refractivity contribution in [2.45, 2.75) is 43.5 Å². The first-order chi connectivity index (χ1) is 6.54. The molecule has 0 spiro atoms. The van der Waals surface area contributed by atoms with E-state index in [4.69, 9.17) is 5.73 Å². The molecule has 1 aliphatic carbocycles. The lowest BCUT2D eigenvalue weighted by Gasteiger charge is -2.38. The number of carbonyl (C=O) groups is 1. The Morgan fingerprint density at radius 2 is 2.14 bits per heavy atom. The topological polar surface area (TPSA) is 46.3 Å². The predicted octanol–water partition coefficient (Wildman–Crippen LogP) is 0.830. The van der Waals surface area contributed by atoms with Gasteiger partial charge in [0, 0.05) is 23.6 Å². The number of carbonyl (C=O) groups excluding carboxylic acids is 1. The zero-order valence-corrected chi connectivity index (χ0v) is 9.64. The Morgan fingerprint density at radius 1 is 1.50 bits per heavy atom. The molecule has 0 aromatic heterocycles. The molecule has 2 rings (SSSR count). The summed E-state index contributed by atoms with van der Waals surface area (Å²) >= 11 is 1.94. The van der Waals surface area contributed by atoms with Crippen LogP contribution in [0, 0.1) is 0 Å². The Balaban J connectivity index is 2.05. The lowest BCUT2D eigenvalue weighted by Crippen LogP contribution is -2.54. The molecule has 2 unspecified atom stereocenters. The van der Waals surface area contributed by atoms with Crippen LogP contribution in [0.5, 0.6) is 0 Å². The van der Waals surface area contributed by atoms with Crippen LogP contribution in [0.1, 0.15) is 26.7 Å². The second-order valence-corrected chi connectivity index (χ2v) is 5.96. The number of amides is 1. The molecule has 3 nitrogen and oxygen atoms in total. The number of nitrogens with zero attached hydrogens (tertiary/aromatic N) is 1. The molecule has 2 fully saturated rings. The minimum absolute atomic E-state index is 0.178. The molecule has 1 amide bonds. The largest absolute Gasteiger partial charge is 0.336 e. The fraction of sp³-hybridized carbons (Fsp3) is 0.900. The zero-order valence-electron chi connectivity index (χ0n) is 8.82. The van der Waals surface area contributed by atoms with Gasteiger partial charge in [0.2, 0.25) is 5.91 Å². The lowest BCUT2D eigenvalue weighted by molar-refractivity contribution is -0.135. The first kappa shape index (κ1) is 10.3. The van der Waals surface area contributed by atoms with Gasteiger partial charge in [-0.1, -0.05) is 6.92 Å². The maximum atomic E-state index is 12.0. The Hall–Kier alpha value is -0.220. The highest BCUT2D eigenvalue weighted by Crippen LogP contribution is 2.36. The van der Waals surface area contributed by atoms with Crippen LogP contribution < -0.4 is 5.73 Å². The van der Waals surface area contributed by atoms with Crippen molar-refractivity contribution in [2.24, 2.45) is 5.73 Å². The van der Waals surface area contributed by atoms with Gasteiger partial charge in [0.1, 0.15) is 0 Å². The normalized spacial score (nSPS) is 35.5. The van der Waals surface area contributed by atoms with E-state index in [0.717, 1.165) is 25.1 Å². The number of rotatable bonds is 1. The highest BCUT2D eigenvalue weighted by Gasteiger charge is 2.49. The number of hydrogen-bond donors (Lipinski definition) is 1. The maximum Gasteiger partial charge on any atom is 0.242 e. The summed E-state index contributed by atoms with van der Waals surface area (Å²) in [6.45, 7) is 5.18. The van der Waals surface area contributed by atoms with Gasteiger partial charge in [-0.25, -0.2) is 0 Å². The first-order valence-electron chi connectivity index (χ1n) is 5.26. The summed E-state index contributed by atoms with van der Waals surface area (Å²) in [4.78, 5) is 14.0. The Labute approximate surface area is 89.4 Å². The molecule has 1 saturated carbocycles. The summed E-state index contributed by atoms with van der Waals surface area (Å²) in [5.41, 5.74) is 5.44. The van der Waals surface area contributed by atoms with E-state index in [9.17, 15) is 4.79 Å². The lowest BCUT2D eigenvalue weighted by atomic mass is 10.1. The van der Waals surface area contributed by atoms with Gasteiger partial charge in [-0.15, -0.1) is 0 Å². The number of thioether (sulfide) groups is 1. The summed E-state index contributed by atoms with van der Waals surface area (Å²) < 4.78 is 0. The van der Waals surface area contributed by atoms with Crippen LogP contribution in [0.4, 0.5) is 0 Å². The minimum atomic E-state index is -0.490. The van der Waals surface area contributed by atoms with Gasteiger partial charge in [-0.05, 0) is 19.8 Å². The number of hydrogen-bond acceptors (Lipinski definition) is 3. The van der Waals surface area contributed by atoms with E-state index >= 15 is 0 Å². The Morgan fingerprint density at radius 3 is 2.71 bits per heavy atom. The van der Waals surface area contributed by atoms with Crippen molar-refractivity contribution < 1.29 is 4.79 Å². The molecule has 0 radical (unpaired) electrons. The fourth-order valence-corrected chi connectivity index (χ4v) is 2.95. The van der Waals surface area contributed by atoms with Gasteiger partial charge in [0.15, 0.2) is 0 Å². The molecule has 4 heteroatoms. The summed E-state index contributed by atoms with van der Waals surface area (Å²) in [6.07, 6.45) is 1.74. The van der Waals surface area contributed by atoms with Crippen LogP contribution in [0.25, 0.3) is 0 Å². The van der Waals surface area contributed by atoms with Crippen LogP contribution in [-0.2, 0) is 4.79 Å². The third-order valence-electron chi connectivity index (χ3n) is 3.36. The standard InChI is InChI=1S/C10H18N2OS/c1-7-8(2)14-6-5-12(7)9(13)10(11)3-4-10/h7-8H,3-6,11H2,1-2H3. The molecule has 80 valence electrons. The van der Waals surface area contributed by atoms with Crippen LogP contribution in [0.2, 0.25) is 0 Å². The van der Waals surface area contributed by atoms with E-state index in [2.05, 4.69) is 13.8 Å². The van der Waals surface area contributed by atoms with E-state index in [0.29, 0.717) is 11.3 Å². The van der Waals surface area contributed by atoms with Gasteiger partial charge in [0.25, 0.3) is 0 Å². The van der Waals surface area contributed by atoms with Crippen molar-refractivity contribution in [3.8, 4) is 0 Å². The van der Waals surface area contributed by atoms with Crippen LogP contribution in [0.15, 0.2) is 0 Å². The second-order valence-electron chi connectivity index (χ2n) is 4.47. The van der Waals surface area contributed by atoms with Gasteiger partial charge in [-0.2, -0.15) is 11.8 Å². The van der Waals surface area contributed by atoms with Gasteiger partial charge < -0.3 is 10.6 Å². The SMILES string of the molecule is CC1SCCN(C(=O)C2(N)CC2)C1C. The highest BCUT2D eigenvalue weighted by atomic mass is 32.2. The predicted molar refractivity (Wildman–Crippen MR) is 59.2 cm³/mol. The summed E-state index contributed by atoms with van der Waals surface area (Å²) in [7, 11) is 0. The van der Waals surface area contributed by atoms with E-state index in [1.807, 2.05) is 16.7 Å². The van der Waals surface area contributed by atoms with Gasteiger partial charge >= 0.3 is 0 Å². The van der Waals surface area contributed by atoms with Gasteiger partial charge in [0.05, 0.1) is 5.54 Å². The van der Waals surface area contributed by atoms with E-state index in [-0.39, 0.29) is 5.91 Å². The molecule has 0 aromatic carbocycles. The van der Waals surface area contributed by atoms with Crippen LogP contribution >= 0.6 is 11.8 Å². The van der Waals surface area contributed by atoms with E-state index < -0.39 is 5.54 Å². The minimum Gasteiger partial charge on any atom is -0.336 e. The Bertz CT molecular complexity index is 253. The molecule has 0 aromatic rings. The second kappa shape index (κ2) is 3.42. The molecule has 1 saturated heterocycles. The van der Waals surface area contributed by atoms with Crippen LogP contribution in [0.3, 0.4) is 0 Å². The summed E-state index contributed by atoms with van der Waals surface area (Å²) in [5, 5.41) is 0.537. The average Bonchev–Trinajstić information content (AvgIpc) is 2.89. The maximum absolute atomic E-state index is 12.0. The third-order valence-corrected chi connectivity index (χ3v) is 4.70. The van der Waals surface area contributed by atoms with Gasteiger partial charge in [-0.3, -0.25) is 4.79 Å². The van der Waals surface area contributed by atoms with Crippen molar-refractivity contribution in [1.82, 2.24) is 4.90 Å². The Kier molecular flexibility index (Phi) is 2.52. The molecule has 1 aliphatic heterocycles. The number of nitrogens with two attached hydrogens (primary N) is 1. The molecule has 2 N–H and O–H groups in total. The highest BCUT2D eigenvalue weighted by molar-refractivity contribution is 8.00. The van der Waals surface area contributed by atoms with Crippen molar-refractivity contribution in [3.63, 3.8) is 0 Å².